The van der Waals surface area contributed by atoms with Crippen LogP contribution < -0.4 is 5.56 Å². The first-order valence-electron chi connectivity index (χ1n) is 9.26. The van der Waals surface area contributed by atoms with E-state index in [1.807, 2.05) is 23.1 Å². The van der Waals surface area contributed by atoms with Gasteiger partial charge in [-0.15, -0.1) is 0 Å². The molecule has 0 radical (unpaired) electrons. The van der Waals surface area contributed by atoms with Crippen LogP contribution in [0.2, 0.25) is 0 Å². The zero-order valence-corrected chi connectivity index (χ0v) is 15.2. The smallest absolute Gasteiger partial charge is 0.410 e. The van der Waals surface area contributed by atoms with Crippen LogP contribution in [-0.2, 0) is 17.7 Å². The van der Waals surface area contributed by atoms with E-state index in [1.54, 1.807) is 0 Å². The lowest BCUT2D eigenvalue weighted by Gasteiger charge is -2.44. The van der Waals surface area contributed by atoms with Crippen LogP contribution in [0.3, 0.4) is 0 Å². The molecule has 1 atom stereocenters. The number of carbonyl (C=O) groups is 1. The molecular formula is C19H20N6O3. The van der Waals surface area contributed by atoms with Gasteiger partial charge in [0, 0.05) is 38.7 Å². The number of rotatable bonds is 4. The maximum atomic E-state index is 12.2. The molecule has 1 amide bonds. The van der Waals surface area contributed by atoms with E-state index in [1.165, 1.54) is 22.5 Å². The molecule has 2 aromatic heterocycles. The van der Waals surface area contributed by atoms with E-state index < -0.39 is 5.54 Å². The third kappa shape index (κ3) is 2.84. The summed E-state index contributed by atoms with van der Waals surface area (Å²) in [4.78, 5) is 37.1. The fourth-order valence-electron chi connectivity index (χ4n) is 4.23. The molecule has 0 aliphatic carbocycles. The average molecular weight is 380 g/mol. The summed E-state index contributed by atoms with van der Waals surface area (Å²) in [6.07, 6.45) is 1.93. The molecule has 2 saturated heterocycles. The lowest BCUT2D eigenvalue weighted by Crippen LogP contribution is -2.62. The summed E-state index contributed by atoms with van der Waals surface area (Å²) in [5.74, 6) is 0.361. The SMILES string of the molecule is O=C1OCC2(Cc3ccccc3)CN(Cc3cc(=O)n4[nH]cnc4n3)CCN12. The lowest BCUT2D eigenvalue weighted by molar-refractivity contribution is 0.0470. The Kier molecular flexibility index (Phi) is 3.90. The molecule has 9 nitrogen and oxygen atoms in total. The van der Waals surface area contributed by atoms with E-state index in [9.17, 15) is 9.59 Å². The first-order chi connectivity index (χ1) is 13.6. The van der Waals surface area contributed by atoms with Crippen molar-refractivity contribution in [2.24, 2.45) is 0 Å². The highest BCUT2D eigenvalue weighted by molar-refractivity contribution is 5.71. The number of nitrogens with one attached hydrogen (secondary N) is 1. The van der Waals surface area contributed by atoms with Crippen LogP contribution >= 0.6 is 0 Å². The summed E-state index contributed by atoms with van der Waals surface area (Å²) in [6.45, 7) is 2.85. The van der Waals surface area contributed by atoms with Gasteiger partial charge >= 0.3 is 6.09 Å². The van der Waals surface area contributed by atoms with E-state index in [0.29, 0.717) is 44.3 Å². The van der Waals surface area contributed by atoms with Crippen molar-refractivity contribution in [2.45, 2.75) is 18.5 Å². The number of hydrogen-bond acceptors (Lipinski definition) is 6. The van der Waals surface area contributed by atoms with Gasteiger partial charge in [-0.1, -0.05) is 30.3 Å². The van der Waals surface area contributed by atoms with Crippen LogP contribution in [0, 0.1) is 0 Å². The molecule has 5 rings (SSSR count). The minimum Gasteiger partial charge on any atom is -0.447 e. The Hall–Kier alpha value is -3.20. The predicted molar refractivity (Wildman–Crippen MR) is 99.8 cm³/mol. The van der Waals surface area contributed by atoms with Gasteiger partial charge in [0.2, 0.25) is 0 Å². The number of aromatic amines is 1. The molecule has 4 heterocycles. The van der Waals surface area contributed by atoms with Crippen molar-refractivity contribution in [3.8, 4) is 0 Å². The van der Waals surface area contributed by atoms with Crippen molar-refractivity contribution in [1.82, 2.24) is 29.4 Å². The largest absolute Gasteiger partial charge is 0.447 e. The number of fused-ring (bicyclic) bond motifs is 2. The molecule has 1 unspecified atom stereocenters. The van der Waals surface area contributed by atoms with Crippen molar-refractivity contribution >= 4 is 11.9 Å². The molecule has 28 heavy (non-hydrogen) atoms. The highest BCUT2D eigenvalue weighted by Gasteiger charge is 2.50. The maximum absolute atomic E-state index is 12.2. The Morgan fingerprint density at radius 1 is 1.18 bits per heavy atom. The standard InChI is InChI=1S/C19H20N6O3/c26-16-8-15(22-17-20-13-21-25(16)17)10-23-6-7-24-18(27)28-12-19(24,11-23)9-14-4-2-1-3-5-14/h1-5,8,13H,6-7,9-12H2,(H,20,21,22). The van der Waals surface area contributed by atoms with Crippen molar-refractivity contribution in [2.75, 3.05) is 26.2 Å². The molecule has 3 aromatic rings. The number of ether oxygens (including phenoxy) is 1. The molecular weight excluding hydrogens is 360 g/mol. The minimum absolute atomic E-state index is 0.186. The van der Waals surface area contributed by atoms with Gasteiger partial charge in [0.15, 0.2) is 0 Å². The zero-order valence-electron chi connectivity index (χ0n) is 15.2. The third-order valence-electron chi connectivity index (χ3n) is 5.50. The summed E-state index contributed by atoms with van der Waals surface area (Å²) in [5.41, 5.74) is 1.25. The number of nitrogens with zero attached hydrogens (tertiary/aromatic N) is 5. The summed E-state index contributed by atoms with van der Waals surface area (Å²) in [7, 11) is 0. The monoisotopic (exact) mass is 380 g/mol. The van der Waals surface area contributed by atoms with Gasteiger partial charge in [-0.25, -0.2) is 14.8 Å². The van der Waals surface area contributed by atoms with Crippen molar-refractivity contribution in [1.29, 1.82) is 0 Å². The van der Waals surface area contributed by atoms with Gasteiger partial charge in [0.05, 0.1) is 11.2 Å². The highest BCUT2D eigenvalue weighted by atomic mass is 16.6. The Morgan fingerprint density at radius 2 is 2.04 bits per heavy atom. The second kappa shape index (κ2) is 6.45. The third-order valence-corrected chi connectivity index (χ3v) is 5.50. The van der Waals surface area contributed by atoms with Gasteiger partial charge < -0.3 is 4.74 Å². The van der Waals surface area contributed by atoms with Crippen LogP contribution in [0.25, 0.3) is 5.78 Å². The molecule has 1 aromatic carbocycles. The van der Waals surface area contributed by atoms with Gasteiger partial charge in [-0.2, -0.15) is 4.52 Å². The van der Waals surface area contributed by atoms with Crippen LogP contribution in [0.15, 0.2) is 47.5 Å². The molecule has 0 bridgehead atoms. The summed E-state index contributed by atoms with van der Waals surface area (Å²) in [5, 5.41) is 2.74. The second-order valence-electron chi connectivity index (χ2n) is 7.41. The number of piperazine rings is 1. The Labute approximate surface area is 160 Å². The molecule has 2 aliphatic rings. The van der Waals surface area contributed by atoms with Gasteiger partial charge in [-0.3, -0.25) is 19.7 Å². The Morgan fingerprint density at radius 3 is 2.89 bits per heavy atom. The Bertz CT molecular complexity index is 1080. The van der Waals surface area contributed by atoms with Crippen LogP contribution in [-0.4, -0.2) is 67.3 Å². The molecule has 9 heteroatoms. The normalized spacial score (nSPS) is 22.4. The first-order valence-corrected chi connectivity index (χ1v) is 9.26. The van der Waals surface area contributed by atoms with Gasteiger partial charge in [-0.05, 0) is 5.56 Å². The van der Waals surface area contributed by atoms with Crippen molar-refractivity contribution < 1.29 is 9.53 Å². The second-order valence-corrected chi connectivity index (χ2v) is 7.41. The molecule has 144 valence electrons. The number of H-pyrrole nitrogens is 1. The van der Waals surface area contributed by atoms with Crippen molar-refractivity contribution in [3.63, 3.8) is 0 Å². The molecule has 2 aliphatic heterocycles. The first kappa shape index (κ1) is 16.9. The minimum atomic E-state index is -0.401. The molecule has 2 fully saturated rings. The maximum Gasteiger partial charge on any atom is 0.410 e. The zero-order chi connectivity index (χ0) is 19.1. The summed E-state index contributed by atoms with van der Waals surface area (Å²) >= 11 is 0. The summed E-state index contributed by atoms with van der Waals surface area (Å²) in [6, 6.07) is 11.7. The van der Waals surface area contributed by atoms with Crippen molar-refractivity contribution in [3.05, 3.63) is 64.3 Å². The van der Waals surface area contributed by atoms with Gasteiger partial charge in [0.1, 0.15) is 12.9 Å². The number of hydrogen-bond donors (Lipinski definition) is 1. The van der Waals surface area contributed by atoms with Crippen LogP contribution in [0.5, 0.6) is 0 Å². The topological polar surface area (TPSA) is 95.8 Å². The fourth-order valence-corrected chi connectivity index (χ4v) is 4.23. The average Bonchev–Trinajstić information content (AvgIpc) is 3.28. The van der Waals surface area contributed by atoms with E-state index in [0.717, 1.165) is 6.42 Å². The van der Waals surface area contributed by atoms with E-state index in [4.69, 9.17) is 4.74 Å². The van der Waals surface area contributed by atoms with Gasteiger partial charge in [0.25, 0.3) is 11.3 Å². The van der Waals surface area contributed by atoms with E-state index in [2.05, 4.69) is 32.1 Å². The fraction of sp³-hybridized carbons (Fsp3) is 0.368. The van der Waals surface area contributed by atoms with E-state index >= 15 is 0 Å². The number of amides is 1. The molecule has 0 saturated carbocycles. The lowest BCUT2D eigenvalue weighted by atomic mass is 9.88. The van der Waals surface area contributed by atoms with Crippen LogP contribution in [0.4, 0.5) is 4.79 Å². The molecule has 0 spiro atoms. The quantitative estimate of drug-likeness (QED) is 0.715. The van der Waals surface area contributed by atoms with E-state index in [-0.39, 0.29) is 11.7 Å². The van der Waals surface area contributed by atoms with Crippen LogP contribution in [0.1, 0.15) is 11.3 Å². The number of aromatic nitrogens is 4. The summed E-state index contributed by atoms with van der Waals surface area (Å²) < 4.78 is 6.72. The highest BCUT2D eigenvalue weighted by Crippen LogP contribution is 2.32. The predicted octanol–water partition coefficient (Wildman–Crippen LogP) is 0.667. The number of carbonyl (C=O) groups excluding carboxylic acids is 1. The molecule has 1 N–H and O–H groups in total. The number of cyclic esters (lactones) is 1. The number of benzene rings is 1. The Balaban J connectivity index is 1.41.